The first-order valence-corrected chi connectivity index (χ1v) is 9.61. The van der Waals surface area contributed by atoms with Gasteiger partial charge in [0.1, 0.15) is 5.82 Å². The molecule has 2 fully saturated rings. The maximum atomic E-state index is 13.1. The topological polar surface area (TPSA) is 64.1 Å². The fourth-order valence-corrected chi connectivity index (χ4v) is 4.15. The van der Waals surface area contributed by atoms with Crippen LogP contribution in [0.15, 0.2) is 24.3 Å². The Kier molecular flexibility index (Phi) is 5.99. The van der Waals surface area contributed by atoms with Crippen LogP contribution in [0, 0.1) is 17.7 Å². The minimum absolute atomic E-state index is 0.0620. The molecule has 0 saturated carbocycles. The van der Waals surface area contributed by atoms with E-state index >= 15 is 0 Å². The number of benzene rings is 1. The molecule has 0 spiro atoms. The van der Waals surface area contributed by atoms with Crippen LogP contribution in [0.1, 0.15) is 20.3 Å². The number of amides is 1. The van der Waals surface area contributed by atoms with Gasteiger partial charge in [-0.05, 0) is 43.5 Å². The lowest BCUT2D eigenvalue weighted by molar-refractivity contribution is -0.147. The van der Waals surface area contributed by atoms with Gasteiger partial charge >= 0.3 is 5.97 Å². The molecular formula is C20H28FN3O3. The highest BCUT2D eigenvalue weighted by Gasteiger charge is 2.35. The van der Waals surface area contributed by atoms with Crippen LogP contribution in [-0.4, -0.2) is 72.1 Å². The van der Waals surface area contributed by atoms with Crippen molar-refractivity contribution in [2.45, 2.75) is 26.3 Å². The molecule has 2 saturated heterocycles. The number of hydrogen-bond acceptors (Lipinski definition) is 4. The third kappa shape index (κ3) is 4.58. The minimum Gasteiger partial charge on any atom is -0.481 e. The molecule has 2 aliphatic heterocycles. The number of rotatable bonds is 4. The van der Waals surface area contributed by atoms with Crippen LogP contribution in [-0.2, 0) is 9.59 Å². The molecule has 6 nitrogen and oxygen atoms in total. The molecule has 1 aromatic rings. The Morgan fingerprint density at radius 1 is 1.11 bits per heavy atom. The molecule has 3 rings (SSSR count). The lowest BCUT2D eigenvalue weighted by Crippen LogP contribution is -2.56. The van der Waals surface area contributed by atoms with E-state index in [2.05, 4.69) is 4.90 Å². The fourth-order valence-electron chi connectivity index (χ4n) is 4.15. The summed E-state index contributed by atoms with van der Waals surface area (Å²) in [7, 11) is 0. The van der Waals surface area contributed by atoms with E-state index < -0.39 is 11.9 Å². The average molecular weight is 377 g/mol. The second-order valence-electron chi connectivity index (χ2n) is 7.79. The monoisotopic (exact) mass is 377 g/mol. The second kappa shape index (κ2) is 8.25. The molecule has 27 heavy (non-hydrogen) atoms. The molecule has 2 aliphatic rings. The van der Waals surface area contributed by atoms with Gasteiger partial charge in [-0.2, -0.15) is 0 Å². The highest BCUT2D eigenvalue weighted by molar-refractivity contribution is 5.82. The van der Waals surface area contributed by atoms with Gasteiger partial charge in [0, 0.05) is 45.0 Å². The number of likely N-dealkylation sites (tertiary alicyclic amines) is 1. The van der Waals surface area contributed by atoms with Crippen molar-refractivity contribution in [3.63, 3.8) is 0 Å². The Hall–Kier alpha value is -2.15. The normalized spacial score (nSPS) is 25.3. The SMILES string of the molecule is CC1CC(C(=O)O)CN(C(C)C(=O)N2CCN(c3ccc(F)cc3)CC2)C1. The summed E-state index contributed by atoms with van der Waals surface area (Å²) in [4.78, 5) is 30.3. The predicted octanol–water partition coefficient (Wildman–Crippen LogP) is 1.91. The Bertz CT molecular complexity index is 674. The molecule has 148 valence electrons. The quantitative estimate of drug-likeness (QED) is 0.868. The number of aliphatic carboxylic acids is 1. The predicted molar refractivity (Wildman–Crippen MR) is 101 cm³/mol. The lowest BCUT2D eigenvalue weighted by Gasteiger charge is -2.41. The van der Waals surface area contributed by atoms with Crippen LogP contribution in [0.4, 0.5) is 10.1 Å². The van der Waals surface area contributed by atoms with E-state index in [0.29, 0.717) is 39.1 Å². The van der Waals surface area contributed by atoms with E-state index in [1.165, 1.54) is 12.1 Å². The van der Waals surface area contributed by atoms with Crippen LogP contribution in [0.3, 0.4) is 0 Å². The van der Waals surface area contributed by atoms with Crippen molar-refractivity contribution in [1.29, 1.82) is 0 Å². The van der Waals surface area contributed by atoms with E-state index in [1.807, 2.05) is 23.6 Å². The molecule has 0 radical (unpaired) electrons. The maximum Gasteiger partial charge on any atom is 0.307 e. The van der Waals surface area contributed by atoms with Gasteiger partial charge in [-0.15, -0.1) is 0 Å². The Labute approximate surface area is 159 Å². The first-order valence-electron chi connectivity index (χ1n) is 9.61. The number of nitrogens with zero attached hydrogens (tertiary/aromatic N) is 3. The van der Waals surface area contributed by atoms with Crippen molar-refractivity contribution in [2.75, 3.05) is 44.2 Å². The van der Waals surface area contributed by atoms with Crippen molar-refractivity contribution in [3.05, 3.63) is 30.1 Å². The number of anilines is 1. The van der Waals surface area contributed by atoms with Crippen LogP contribution >= 0.6 is 0 Å². The van der Waals surface area contributed by atoms with Gasteiger partial charge in [-0.1, -0.05) is 6.92 Å². The van der Waals surface area contributed by atoms with E-state index in [1.54, 1.807) is 12.1 Å². The van der Waals surface area contributed by atoms with E-state index in [0.717, 1.165) is 12.2 Å². The third-order valence-electron chi connectivity index (χ3n) is 5.73. The van der Waals surface area contributed by atoms with Crippen LogP contribution in [0.2, 0.25) is 0 Å². The van der Waals surface area contributed by atoms with Crippen molar-refractivity contribution < 1.29 is 19.1 Å². The molecule has 0 aliphatic carbocycles. The smallest absolute Gasteiger partial charge is 0.307 e. The molecule has 1 aromatic carbocycles. The number of piperazine rings is 1. The Morgan fingerprint density at radius 2 is 1.74 bits per heavy atom. The lowest BCUT2D eigenvalue weighted by atomic mass is 9.89. The van der Waals surface area contributed by atoms with Gasteiger partial charge in [0.05, 0.1) is 12.0 Å². The molecule has 2 heterocycles. The second-order valence-corrected chi connectivity index (χ2v) is 7.79. The highest BCUT2D eigenvalue weighted by atomic mass is 19.1. The summed E-state index contributed by atoms with van der Waals surface area (Å²) in [5.41, 5.74) is 0.964. The van der Waals surface area contributed by atoms with E-state index in [4.69, 9.17) is 0 Å². The van der Waals surface area contributed by atoms with Gasteiger partial charge in [-0.3, -0.25) is 14.5 Å². The number of carbonyl (C=O) groups is 2. The average Bonchev–Trinajstić information content (AvgIpc) is 2.67. The molecule has 3 atom stereocenters. The summed E-state index contributed by atoms with van der Waals surface area (Å²) in [6.45, 7) is 7.76. The van der Waals surface area contributed by atoms with Crippen LogP contribution < -0.4 is 4.90 Å². The van der Waals surface area contributed by atoms with Gasteiger partial charge in [0.2, 0.25) is 5.91 Å². The molecule has 1 N–H and O–H groups in total. The summed E-state index contributed by atoms with van der Waals surface area (Å²) in [5, 5.41) is 9.35. The number of halogens is 1. The van der Waals surface area contributed by atoms with Crippen molar-refractivity contribution in [2.24, 2.45) is 11.8 Å². The summed E-state index contributed by atoms with van der Waals surface area (Å²) < 4.78 is 13.1. The number of piperidine rings is 1. The molecule has 3 unspecified atom stereocenters. The van der Waals surface area contributed by atoms with Gasteiger partial charge < -0.3 is 14.9 Å². The Morgan fingerprint density at radius 3 is 2.33 bits per heavy atom. The number of carboxylic acids is 1. The van der Waals surface area contributed by atoms with Crippen molar-refractivity contribution >= 4 is 17.6 Å². The molecule has 0 bridgehead atoms. The van der Waals surface area contributed by atoms with Crippen LogP contribution in [0.5, 0.6) is 0 Å². The number of hydrogen-bond donors (Lipinski definition) is 1. The number of carboxylic acid groups (broad SMARTS) is 1. The van der Waals surface area contributed by atoms with Gasteiger partial charge in [0.25, 0.3) is 0 Å². The van der Waals surface area contributed by atoms with Crippen molar-refractivity contribution in [1.82, 2.24) is 9.80 Å². The summed E-state index contributed by atoms with van der Waals surface area (Å²) in [6.07, 6.45) is 0.670. The number of carbonyl (C=O) groups excluding carboxylic acids is 1. The third-order valence-corrected chi connectivity index (χ3v) is 5.73. The zero-order valence-corrected chi connectivity index (χ0v) is 16.0. The molecule has 0 aromatic heterocycles. The minimum atomic E-state index is -0.779. The maximum absolute atomic E-state index is 13.1. The fraction of sp³-hybridized carbons (Fsp3) is 0.600. The molecule has 1 amide bonds. The van der Waals surface area contributed by atoms with Gasteiger partial charge in [0.15, 0.2) is 0 Å². The zero-order chi connectivity index (χ0) is 19.6. The summed E-state index contributed by atoms with van der Waals surface area (Å²) >= 11 is 0. The zero-order valence-electron chi connectivity index (χ0n) is 16.0. The first kappa shape index (κ1) is 19.6. The van der Waals surface area contributed by atoms with E-state index in [9.17, 15) is 19.1 Å². The molecule has 7 heteroatoms. The van der Waals surface area contributed by atoms with Gasteiger partial charge in [-0.25, -0.2) is 4.39 Å². The Balaban J connectivity index is 1.56. The summed E-state index contributed by atoms with van der Waals surface area (Å²) in [5.74, 6) is -1.10. The first-order chi connectivity index (χ1) is 12.8. The highest BCUT2D eigenvalue weighted by Crippen LogP contribution is 2.24. The van der Waals surface area contributed by atoms with Crippen LogP contribution in [0.25, 0.3) is 0 Å². The standard InChI is InChI=1S/C20H28FN3O3/c1-14-11-16(20(26)27)13-24(12-14)15(2)19(25)23-9-7-22(8-10-23)18-5-3-17(21)4-6-18/h3-6,14-16H,7-13H2,1-2H3,(H,26,27). The molecular weight excluding hydrogens is 349 g/mol. The van der Waals surface area contributed by atoms with E-state index in [-0.39, 0.29) is 23.7 Å². The van der Waals surface area contributed by atoms with Crippen molar-refractivity contribution in [3.8, 4) is 0 Å². The largest absolute Gasteiger partial charge is 0.481 e. The summed E-state index contributed by atoms with van der Waals surface area (Å²) in [6, 6.07) is 6.11.